The summed E-state index contributed by atoms with van der Waals surface area (Å²) in [5, 5.41) is 4.65. The van der Waals surface area contributed by atoms with Crippen molar-refractivity contribution in [1.29, 1.82) is 0 Å². The zero-order valence-electron chi connectivity index (χ0n) is 11.8. The first-order chi connectivity index (χ1) is 10.3. The largest absolute Gasteiger partial charge is 0.306 e. The molecule has 4 heteroatoms. The second-order valence-electron chi connectivity index (χ2n) is 4.97. The Morgan fingerprint density at radius 2 is 2.14 bits per heavy atom. The molecular formula is C17H17FN2S. The molecule has 21 heavy (non-hydrogen) atoms. The van der Waals surface area contributed by atoms with E-state index in [0.717, 1.165) is 17.8 Å². The van der Waals surface area contributed by atoms with Crippen molar-refractivity contribution in [3.05, 3.63) is 65.0 Å². The highest BCUT2D eigenvalue weighted by atomic mass is 32.1. The first-order valence-corrected chi connectivity index (χ1v) is 7.92. The van der Waals surface area contributed by atoms with E-state index in [1.165, 1.54) is 16.3 Å². The number of aromatic nitrogens is 1. The highest BCUT2D eigenvalue weighted by Crippen LogP contribution is 2.33. The lowest BCUT2D eigenvalue weighted by atomic mass is 10.1. The van der Waals surface area contributed by atoms with Crippen LogP contribution in [0.25, 0.3) is 10.1 Å². The van der Waals surface area contributed by atoms with Crippen LogP contribution in [0, 0.1) is 5.82 Å². The number of nitrogens with one attached hydrogen (secondary N) is 1. The lowest BCUT2D eigenvalue weighted by molar-refractivity contribution is 0.547. The molecule has 1 atom stereocenters. The fraction of sp³-hybridized carbons (Fsp3) is 0.235. The van der Waals surface area contributed by atoms with E-state index in [0.29, 0.717) is 5.56 Å². The van der Waals surface area contributed by atoms with Gasteiger partial charge in [-0.15, -0.1) is 11.3 Å². The van der Waals surface area contributed by atoms with Gasteiger partial charge in [-0.3, -0.25) is 4.98 Å². The molecule has 3 aromatic rings. The van der Waals surface area contributed by atoms with Crippen LogP contribution >= 0.6 is 11.3 Å². The molecule has 0 spiro atoms. The summed E-state index contributed by atoms with van der Waals surface area (Å²) in [6, 6.07) is 12.0. The first-order valence-electron chi connectivity index (χ1n) is 7.11. The number of hydrogen-bond donors (Lipinski definition) is 1. The maximum Gasteiger partial charge on any atom is 0.146 e. The molecule has 0 aliphatic rings. The lowest BCUT2D eigenvalue weighted by Crippen LogP contribution is -2.23. The number of halogens is 1. The fourth-order valence-electron chi connectivity index (χ4n) is 2.42. The van der Waals surface area contributed by atoms with Crippen molar-refractivity contribution in [3.63, 3.8) is 0 Å². The van der Waals surface area contributed by atoms with Gasteiger partial charge in [-0.25, -0.2) is 4.39 Å². The maximum atomic E-state index is 14.1. The van der Waals surface area contributed by atoms with Crippen LogP contribution in [0.5, 0.6) is 0 Å². The minimum absolute atomic E-state index is 0.120. The molecule has 0 aliphatic carbocycles. The van der Waals surface area contributed by atoms with E-state index in [9.17, 15) is 4.39 Å². The Morgan fingerprint density at radius 3 is 2.90 bits per heavy atom. The van der Waals surface area contributed by atoms with Crippen LogP contribution in [-0.4, -0.2) is 11.5 Å². The summed E-state index contributed by atoms with van der Waals surface area (Å²) >= 11 is 1.71. The number of hydrogen-bond acceptors (Lipinski definition) is 3. The van der Waals surface area contributed by atoms with E-state index < -0.39 is 0 Å². The molecule has 2 aromatic heterocycles. The fourth-order valence-corrected chi connectivity index (χ4v) is 3.58. The number of benzene rings is 1. The number of nitrogens with zero attached hydrogens (tertiary/aromatic N) is 1. The predicted octanol–water partition coefficient (Wildman–Crippen LogP) is 4.52. The van der Waals surface area contributed by atoms with Crippen molar-refractivity contribution < 1.29 is 4.39 Å². The smallest absolute Gasteiger partial charge is 0.146 e. The van der Waals surface area contributed by atoms with Crippen molar-refractivity contribution in [2.45, 2.75) is 19.4 Å². The van der Waals surface area contributed by atoms with Crippen LogP contribution in [-0.2, 0) is 0 Å². The molecule has 1 unspecified atom stereocenters. The van der Waals surface area contributed by atoms with Gasteiger partial charge in [0.15, 0.2) is 0 Å². The first kappa shape index (κ1) is 14.2. The predicted molar refractivity (Wildman–Crippen MR) is 86.2 cm³/mol. The van der Waals surface area contributed by atoms with E-state index in [1.807, 2.05) is 12.1 Å². The summed E-state index contributed by atoms with van der Waals surface area (Å²) in [4.78, 5) is 4.98. The van der Waals surface area contributed by atoms with Crippen molar-refractivity contribution >= 4 is 21.4 Å². The minimum Gasteiger partial charge on any atom is -0.306 e. The van der Waals surface area contributed by atoms with Gasteiger partial charge in [0, 0.05) is 21.3 Å². The average Bonchev–Trinajstić information content (AvgIpc) is 2.93. The highest BCUT2D eigenvalue weighted by molar-refractivity contribution is 7.19. The van der Waals surface area contributed by atoms with Gasteiger partial charge in [0.25, 0.3) is 0 Å². The molecule has 0 saturated carbocycles. The third-order valence-corrected chi connectivity index (χ3v) is 4.62. The SMILES string of the molecule is CCCNC(c1cc2ccccc2s1)c1ccncc1F. The van der Waals surface area contributed by atoms with E-state index in [2.05, 4.69) is 35.4 Å². The standard InChI is InChI=1S/C17H17FN2S/c1-2-8-20-17(13-7-9-19-11-14(13)18)16-10-12-5-3-4-6-15(12)21-16/h3-7,9-11,17,20H,2,8H2,1H3. The zero-order valence-corrected chi connectivity index (χ0v) is 12.7. The summed E-state index contributed by atoms with van der Waals surface area (Å²) in [5.74, 6) is -0.261. The second kappa shape index (κ2) is 6.33. The summed E-state index contributed by atoms with van der Waals surface area (Å²) in [6.45, 7) is 2.96. The van der Waals surface area contributed by atoms with Crippen LogP contribution in [0.2, 0.25) is 0 Å². The van der Waals surface area contributed by atoms with E-state index in [1.54, 1.807) is 23.6 Å². The molecule has 108 valence electrons. The lowest BCUT2D eigenvalue weighted by Gasteiger charge is -2.18. The van der Waals surface area contributed by atoms with Gasteiger partial charge in [-0.05, 0) is 36.6 Å². The molecule has 2 nitrogen and oxygen atoms in total. The number of pyridine rings is 1. The van der Waals surface area contributed by atoms with Gasteiger partial charge in [0.05, 0.1) is 12.2 Å². The van der Waals surface area contributed by atoms with E-state index >= 15 is 0 Å². The van der Waals surface area contributed by atoms with Crippen molar-refractivity contribution in [2.24, 2.45) is 0 Å². The molecule has 0 bridgehead atoms. The number of rotatable bonds is 5. The number of fused-ring (bicyclic) bond motifs is 1. The van der Waals surface area contributed by atoms with Gasteiger partial charge in [-0.2, -0.15) is 0 Å². The third kappa shape index (κ3) is 2.96. The molecule has 0 fully saturated rings. The Kier molecular flexibility index (Phi) is 4.27. The molecule has 0 amide bonds. The van der Waals surface area contributed by atoms with Gasteiger partial charge in [0.1, 0.15) is 5.82 Å². The molecule has 0 radical (unpaired) electrons. The van der Waals surface area contributed by atoms with Crippen LogP contribution in [0.15, 0.2) is 48.8 Å². The molecular weight excluding hydrogens is 283 g/mol. The molecule has 0 saturated heterocycles. The molecule has 3 rings (SSSR count). The summed E-state index contributed by atoms with van der Waals surface area (Å²) in [5.41, 5.74) is 0.657. The Hall–Kier alpha value is -1.78. The van der Waals surface area contributed by atoms with Crippen molar-refractivity contribution in [2.75, 3.05) is 6.54 Å². The van der Waals surface area contributed by atoms with Crippen molar-refractivity contribution in [1.82, 2.24) is 10.3 Å². The maximum absolute atomic E-state index is 14.1. The second-order valence-corrected chi connectivity index (χ2v) is 6.09. The van der Waals surface area contributed by atoms with Gasteiger partial charge >= 0.3 is 0 Å². The number of thiophene rings is 1. The quantitative estimate of drug-likeness (QED) is 0.749. The summed E-state index contributed by atoms with van der Waals surface area (Å²) in [6.07, 6.45) is 3.93. The third-order valence-electron chi connectivity index (χ3n) is 3.44. The van der Waals surface area contributed by atoms with Crippen molar-refractivity contribution in [3.8, 4) is 0 Å². The van der Waals surface area contributed by atoms with Gasteiger partial charge in [0.2, 0.25) is 0 Å². The normalized spacial score (nSPS) is 12.7. The van der Waals surface area contributed by atoms with Gasteiger partial charge in [-0.1, -0.05) is 25.1 Å². The highest BCUT2D eigenvalue weighted by Gasteiger charge is 2.19. The zero-order chi connectivity index (χ0) is 14.7. The Bertz CT molecular complexity index is 705. The molecule has 2 heterocycles. The minimum atomic E-state index is -0.261. The van der Waals surface area contributed by atoms with Gasteiger partial charge < -0.3 is 5.32 Å². The van der Waals surface area contributed by atoms with Crippen LogP contribution in [0.4, 0.5) is 4.39 Å². The average molecular weight is 300 g/mol. The molecule has 0 aliphatic heterocycles. The van der Waals surface area contributed by atoms with E-state index in [4.69, 9.17) is 0 Å². The Morgan fingerprint density at radius 1 is 1.29 bits per heavy atom. The monoisotopic (exact) mass is 300 g/mol. The van der Waals surface area contributed by atoms with Crippen LogP contribution < -0.4 is 5.32 Å². The van der Waals surface area contributed by atoms with E-state index in [-0.39, 0.29) is 11.9 Å². The summed E-state index contributed by atoms with van der Waals surface area (Å²) < 4.78 is 15.3. The van der Waals surface area contributed by atoms with Crippen LogP contribution in [0.1, 0.15) is 29.8 Å². The topological polar surface area (TPSA) is 24.9 Å². The molecule has 1 N–H and O–H groups in total. The molecule has 1 aromatic carbocycles. The summed E-state index contributed by atoms with van der Waals surface area (Å²) in [7, 11) is 0. The van der Waals surface area contributed by atoms with Crippen LogP contribution in [0.3, 0.4) is 0 Å². The Balaban J connectivity index is 2.04. The Labute approximate surface area is 127 Å².